The van der Waals surface area contributed by atoms with Crippen molar-refractivity contribution >= 4 is 5.91 Å². The summed E-state index contributed by atoms with van der Waals surface area (Å²) in [5.41, 5.74) is 8.04. The standard InChI is InChI=1S/C18H26N2O3/c1-3-22-16-8-13-6-11(2)23-17(13)9-14(16)10-20-18(21)12-4-5-15(19)7-12/h8-9,11-12,15H,3-7,10,19H2,1-2H3,(H,20,21). The van der Waals surface area contributed by atoms with Crippen LogP contribution < -0.4 is 20.5 Å². The van der Waals surface area contributed by atoms with Gasteiger partial charge in [0.15, 0.2) is 0 Å². The fourth-order valence-electron chi connectivity index (χ4n) is 3.49. The minimum atomic E-state index is 0.0474. The summed E-state index contributed by atoms with van der Waals surface area (Å²) < 4.78 is 11.6. The third kappa shape index (κ3) is 3.61. The molecule has 5 heteroatoms. The van der Waals surface area contributed by atoms with Gasteiger partial charge in [-0.15, -0.1) is 0 Å². The van der Waals surface area contributed by atoms with E-state index in [1.54, 1.807) is 0 Å². The molecule has 0 aromatic heterocycles. The molecule has 1 aliphatic carbocycles. The normalized spacial score (nSPS) is 25.8. The summed E-state index contributed by atoms with van der Waals surface area (Å²) in [5.74, 6) is 1.89. The number of hydrogen-bond donors (Lipinski definition) is 2. The molecule has 1 amide bonds. The molecule has 126 valence electrons. The fourth-order valence-corrected chi connectivity index (χ4v) is 3.49. The minimum Gasteiger partial charge on any atom is -0.494 e. The molecular weight excluding hydrogens is 292 g/mol. The molecule has 0 bridgehead atoms. The van der Waals surface area contributed by atoms with Crippen molar-refractivity contribution in [3.63, 3.8) is 0 Å². The van der Waals surface area contributed by atoms with Crippen molar-refractivity contribution in [2.75, 3.05) is 6.61 Å². The van der Waals surface area contributed by atoms with Crippen LogP contribution in [-0.4, -0.2) is 24.7 Å². The maximum Gasteiger partial charge on any atom is 0.223 e. The first kappa shape index (κ1) is 16.1. The van der Waals surface area contributed by atoms with Gasteiger partial charge in [0.25, 0.3) is 0 Å². The van der Waals surface area contributed by atoms with Crippen LogP contribution >= 0.6 is 0 Å². The quantitative estimate of drug-likeness (QED) is 0.872. The molecule has 3 N–H and O–H groups in total. The molecule has 23 heavy (non-hydrogen) atoms. The van der Waals surface area contributed by atoms with Gasteiger partial charge in [0.05, 0.1) is 6.61 Å². The van der Waals surface area contributed by atoms with E-state index in [9.17, 15) is 4.79 Å². The molecule has 3 unspecified atom stereocenters. The van der Waals surface area contributed by atoms with E-state index in [4.69, 9.17) is 15.2 Å². The first-order valence-corrected chi connectivity index (χ1v) is 8.55. The van der Waals surface area contributed by atoms with Gasteiger partial charge in [-0.2, -0.15) is 0 Å². The lowest BCUT2D eigenvalue weighted by molar-refractivity contribution is -0.125. The molecule has 1 heterocycles. The third-order valence-electron chi connectivity index (χ3n) is 4.68. The Hall–Kier alpha value is -1.75. The smallest absolute Gasteiger partial charge is 0.223 e. The van der Waals surface area contributed by atoms with Gasteiger partial charge in [-0.05, 0) is 45.2 Å². The zero-order chi connectivity index (χ0) is 16.4. The van der Waals surface area contributed by atoms with Gasteiger partial charge in [-0.1, -0.05) is 0 Å². The summed E-state index contributed by atoms with van der Waals surface area (Å²) in [6, 6.07) is 4.22. The molecule has 0 spiro atoms. The van der Waals surface area contributed by atoms with Crippen LogP contribution in [0, 0.1) is 5.92 Å². The van der Waals surface area contributed by atoms with E-state index in [-0.39, 0.29) is 24.0 Å². The second kappa shape index (κ2) is 6.79. The number of carbonyl (C=O) groups is 1. The second-order valence-electron chi connectivity index (χ2n) is 6.62. The highest BCUT2D eigenvalue weighted by molar-refractivity contribution is 5.79. The van der Waals surface area contributed by atoms with Gasteiger partial charge in [-0.25, -0.2) is 0 Å². The fraction of sp³-hybridized carbons (Fsp3) is 0.611. The Bertz CT molecular complexity index is 588. The van der Waals surface area contributed by atoms with Crippen molar-refractivity contribution in [1.29, 1.82) is 0 Å². The van der Waals surface area contributed by atoms with Crippen LogP contribution in [0.2, 0.25) is 0 Å². The van der Waals surface area contributed by atoms with Crippen molar-refractivity contribution in [2.24, 2.45) is 11.7 Å². The van der Waals surface area contributed by atoms with E-state index in [2.05, 4.69) is 18.3 Å². The van der Waals surface area contributed by atoms with Crippen LogP contribution in [0.3, 0.4) is 0 Å². The molecule has 1 aliphatic heterocycles. The van der Waals surface area contributed by atoms with Crippen LogP contribution in [0.15, 0.2) is 12.1 Å². The van der Waals surface area contributed by atoms with Gasteiger partial charge in [0.1, 0.15) is 17.6 Å². The lowest BCUT2D eigenvalue weighted by Gasteiger charge is -2.15. The maximum absolute atomic E-state index is 12.3. The van der Waals surface area contributed by atoms with Crippen LogP contribution in [0.5, 0.6) is 11.5 Å². The van der Waals surface area contributed by atoms with Crippen LogP contribution in [-0.2, 0) is 17.8 Å². The zero-order valence-corrected chi connectivity index (χ0v) is 13.9. The Kier molecular flexibility index (Phi) is 4.76. The molecule has 5 nitrogen and oxygen atoms in total. The highest BCUT2D eigenvalue weighted by atomic mass is 16.5. The summed E-state index contributed by atoms with van der Waals surface area (Å²) in [6.07, 6.45) is 3.71. The number of carbonyl (C=O) groups excluding carboxylic acids is 1. The second-order valence-corrected chi connectivity index (χ2v) is 6.62. The topological polar surface area (TPSA) is 73.6 Å². The summed E-state index contributed by atoms with van der Waals surface area (Å²) in [7, 11) is 0. The Morgan fingerprint density at radius 1 is 1.43 bits per heavy atom. The summed E-state index contributed by atoms with van der Waals surface area (Å²) in [5, 5.41) is 3.03. The number of amides is 1. The van der Waals surface area contributed by atoms with E-state index in [0.29, 0.717) is 13.2 Å². The Morgan fingerprint density at radius 3 is 2.96 bits per heavy atom. The average molecular weight is 318 g/mol. The third-order valence-corrected chi connectivity index (χ3v) is 4.68. The highest BCUT2D eigenvalue weighted by Crippen LogP contribution is 2.35. The first-order chi connectivity index (χ1) is 11.1. The summed E-state index contributed by atoms with van der Waals surface area (Å²) in [4.78, 5) is 12.3. The Balaban J connectivity index is 1.69. The Morgan fingerprint density at radius 2 is 2.26 bits per heavy atom. The highest BCUT2D eigenvalue weighted by Gasteiger charge is 2.28. The number of rotatable bonds is 5. The molecule has 2 aliphatic rings. The van der Waals surface area contributed by atoms with Gasteiger partial charge in [0, 0.05) is 36.1 Å². The van der Waals surface area contributed by atoms with E-state index < -0.39 is 0 Å². The van der Waals surface area contributed by atoms with Crippen LogP contribution in [0.1, 0.15) is 44.2 Å². The SMILES string of the molecule is CCOc1cc2c(cc1CNC(=O)C1CCC(N)C1)OC(C)C2. The number of nitrogens with one attached hydrogen (secondary N) is 1. The van der Waals surface area contributed by atoms with Crippen LogP contribution in [0.4, 0.5) is 0 Å². The Labute approximate surface area is 137 Å². The largest absolute Gasteiger partial charge is 0.494 e. The van der Waals surface area contributed by atoms with E-state index >= 15 is 0 Å². The maximum atomic E-state index is 12.3. The number of hydrogen-bond acceptors (Lipinski definition) is 4. The van der Waals surface area contributed by atoms with Crippen molar-refractivity contribution in [3.05, 3.63) is 23.3 Å². The van der Waals surface area contributed by atoms with Gasteiger partial charge < -0.3 is 20.5 Å². The molecule has 0 radical (unpaired) electrons. The minimum absolute atomic E-state index is 0.0474. The molecule has 3 atom stereocenters. The molecule has 0 saturated heterocycles. The first-order valence-electron chi connectivity index (χ1n) is 8.55. The number of ether oxygens (including phenoxy) is 2. The van der Waals surface area contributed by atoms with Crippen molar-refractivity contribution in [2.45, 2.75) is 58.2 Å². The molecule has 1 aromatic rings. The van der Waals surface area contributed by atoms with E-state index in [1.807, 2.05) is 13.0 Å². The molecule has 1 aromatic carbocycles. The van der Waals surface area contributed by atoms with Crippen molar-refractivity contribution in [1.82, 2.24) is 5.32 Å². The number of benzene rings is 1. The number of nitrogens with two attached hydrogens (primary N) is 1. The zero-order valence-electron chi connectivity index (χ0n) is 13.9. The number of fused-ring (bicyclic) bond motifs is 1. The molecule has 1 saturated carbocycles. The van der Waals surface area contributed by atoms with Gasteiger partial charge in [0.2, 0.25) is 5.91 Å². The van der Waals surface area contributed by atoms with Crippen LogP contribution in [0.25, 0.3) is 0 Å². The van der Waals surface area contributed by atoms with Crippen molar-refractivity contribution < 1.29 is 14.3 Å². The molecular formula is C18H26N2O3. The predicted octanol–water partition coefficient (Wildman–Crippen LogP) is 2.15. The van der Waals surface area contributed by atoms with E-state index in [1.165, 1.54) is 5.56 Å². The van der Waals surface area contributed by atoms with Gasteiger partial charge in [-0.3, -0.25) is 4.79 Å². The van der Waals surface area contributed by atoms with E-state index in [0.717, 1.165) is 42.7 Å². The lowest BCUT2D eigenvalue weighted by atomic mass is 10.0. The predicted molar refractivity (Wildman–Crippen MR) is 88.6 cm³/mol. The molecule has 1 fully saturated rings. The monoisotopic (exact) mass is 318 g/mol. The summed E-state index contributed by atoms with van der Waals surface area (Å²) in [6.45, 7) is 5.10. The summed E-state index contributed by atoms with van der Waals surface area (Å²) >= 11 is 0. The van der Waals surface area contributed by atoms with Crippen molar-refractivity contribution in [3.8, 4) is 11.5 Å². The molecule has 3 rings (SSSR count). The van der Waals surface area contributed by atoms with Gasteiger partial charge >= 0.3 is 0 Å². The average Bonchev–Trinajstić information content (AvgIpc) is 3.09. The lowest BCUT2D eigenvalue weighted by Crippen LogP contribution is -2.30.